The summed E-state index contributed by atoms with van der Waals surface area (Å²) in [5.41, 5.74) is 0.0222. The van der Waals surface area contributed by atoms with Crippen molar-refractivity contribution in [3.63, 3.8) is 0 Å². The van der Waals surface area contributed by atoms with E-state index in [9.17, 15) is 4.79 Å². The van der Waals surface area contributed by atoms with Crippen LogP contribution in [0, 0.1) is 23.2 Å². The third kappa shape index (κ3) is 4.50. The molecule has 0 unspecified atom stereocenters. The van der Waals surface area contributed by atoms with Crippen LogP contribution < -0.4 is 0 Å². The summed E-state index contributed by atoms with van der Waals surface area (Å²) in [5.74, 6) is -0.845. The fraction of sp³-hybridized carbons (Fsp3) is 0.870. The molecule has 0 aromatic heterocycles. The number of carbonyl (C=O) groups excluding carboxylic acids is 1. The minimum Gasteiger partial charge on any atom is -0.459 e. The van der Waals surface area contributed by atoms with E-state index in [2.05, 4.69) is 66.8 Å². The molecule has 2 aliphatic heterocycles. The van der Waals surface area contributed by atoms with Crippen LogP contribution in [-0.4, -0.2) is 45.5 Å². The van der Waals surface area contributed by atoms with E-state index >= 15 is 0 Å². The van der Waals surface area contributed by atoms with Gasteiger partial charge in [-0.05, 0) is 38.4 Å². The first-order valence-corrected chi connectivity index (χ1v) is 13.9. The molecule has 0 aromatic carbocycles. The molecule has 3 aliphatic rings. The van der Waals surface area contributed by atoms with Crippen LogP contribution >= 0.6 is 0 Å². The molecule has 3 rings (SSSR count). The Labute approximate surface area is 177 Å². The Hall–Kier alpha value is -0.693. The Kier molecular flexibility index (Phi) is 5.92. The van der Waals surface area contributed by atoms with Crippen LogP contribution in [-0.2, 0) is 23.4 Å². The fourth-order valence-electron chi connectivity index (χ4n) is 4.28. The number of rotatable bonds is 4. The van der Waals surface area contributed by atoms with Crippen molar-refractivity contribution in [2.45, 2.75) is 91.0 Å². The van der Waals surface area contributed by atoms with Gasteiger partial charge in [-0.2, -0.15) is 0 Å². The molecule has 0 amide bonds. The smallest absolute Gasteiger partial charge is 0.310 e. The zero-order valence-electron chi connectivity index (χ0n) is 19.7. The molecule has 5 nitrogen and oxygen atoms in total. The second-order valence-corrected chi connectivity index (χ2v) is 16.4. The lowest BCUT2D eigenvalue weighted by Gasteiger charge is -2.46. The Morgan fingerprint density at radius 2 is 1.72 bits per heavy atom. The van der Waals surface area contributed by atoms with E-state index in [0.29, 0.717) is 19.6 Å². The van der Waals surface area contributed by atoms with Crippen LogP contribution in [0.4, 0.5) is 0 Å². The molecule has 0 radical (unpaired) electrons. The normalized spacial score (nSPS) is 35.1. The second-order valence-electron chi connectivity index (χ2n) is 11.7. The van der Waals surface area contributed by atoms with E-state index in [1.165, 1.54) is 0 Å². The van der Waals surface area contributed by atoms with Gasteiger partial charge in [0.1, 0.15) is 6.10 Å². The van der Waals surface area contributed by atoms with Gasteiger partial charge in [0.05, 0.1) is 25.2 Å². The summed E-state index contributed by atoms with van der Waals surface area (Å²) in [6.07, 6.45) is 4.68. The molecule has 2 heterocycles. The maximum Gasteiger partial charge on any atom is 0.310 e. The third-order valence-corrected chi connectivity index (χ3v) is 12.0. The first-order chi connectivity index (χ1) is 13.2. The summed E-state index contributed by atoms with van der Waals surface area (Å²) < 4.78 is 24.7. The molecular weight excluding hydrogens is 384 g/mol. The average Bonchev–Trinajstić information content (AvgIpc) is 2.93. The summed E-state index contributed by atoms with van der Waals surface area (Å²) >= 11 is 0. The van der Waals surface area contributed by atoms with Crippen LogP contribution in [0.5, 0.6) is 0 Å². The molecule has 0 aromatic rings. The van der Waals surface area contributed by atoms with Gasteiger partial charge in [-0.15, -0.1) is 0 Å². The predicted octanol–water partition coefficient (Wildman–Crippen LogP) is 4.92. The predicted molar refractivity (Wildman–Crippen MR) is 116 cm³/mol. The van der Waals surface area contributed by atoms with Crippen molar-refractivity contribution >= 4 is 14.3 Å². The van der Waals surface area contributed by atoms with Crippen molar-refractivity contribution in [3.8, 4) is 0 Å². The Morgan fingerprint density at radius 3 is 2.28 bits per heavy atom. The Morgan fingerprint density at radius 1 is 1.14 bits per heavy atom. The maximum absolute atomic E-state index is 12.7. The largest absolute Gasteiger partial charge is 0.459 e. The SMILES string of the molecule is C[C@H](O[Si](C)(C)C(C)(C)C)[C@@H]1OC(=O)[C@@H]2C[C@H](C3(C)OCC(C)(C)CO3)C=C[C@H]12. The van der Waals surface area contributed by atoms with E-state index in [4.69, 9.17) is 18.6 Å². The van der Waals surface area contributed by atoms with Crippen molar-refractivity contribution < 1.29 is 23.4 Å². The van der Waals surface area contributed by atoms with Crippen molar-refractivity contribution in [3.05, 3.63) is 12.2 Å². The van der Waals surface area contributed by atoms with Gasteiger partial charge in [-0.1, -0.05) is 46.8 Å². The van der Waals surface area contributed by atoms with Gasteiger partial charge >= 0.3 is 5.97 Å². The third-order valence-electron chi connectivity index (χ3n) is 7.39. The molecule has 166 valence electrons. The minimum absolute atomic E-state index is 0.0222. The molecule has 2 fully saturated rings. The first-order valence-electron chi connectivity index (χ1n) is 11.0. The number of carbonyl (C=O) groups is 1. The Bertz CT molecular complexity index is 653. The lowest BCUT2D eigenvalue weighted by Crippen LogP contribution is -2.51. The topological polar surface area (TPSA) is 54.0 Å². The average molecular weight is 425 g/mol. The van der Waals surface area contributed by atoms with Gasteiger partial charge in [0, 0.05) is 17.3 Å². The van der Waals surface area contributed by atoms with Crippen LogP contribution in [0.15, 0.2) is 12.2 Å². The summed E-state index contributed by atoms with van der Waals surface area (Å²) in [7, 11) is -1.94. The van der Waals surface area contributed by atoms with Gasteiger partial charge < -0.3 is 18.6 Å². The van der Waals surface area contributed by atoms with E-state index in [-0.39, 0.29) is 46.4 Å². The van der Waals surface area contributed by atoms with Gasteiger partial charge in [0.15, 0.2) is 14.1 Å². The van der Waals surface area contributed by atoms with E-state index in [1.54, 1.807) is 0 Å². The standard InChI is InChI=1S/C23H40O5Si/c1-15(28-29(8,9)21(2,3)4)19-17-11-10-16(12-18(17)20(24)27-19)23(7)25-13-22(5,6)14-26-23/h10-11,15-19H,12-14H2,1-9H3/t15-,16+,17-,18+,19-/m0/s1. The number of ether oxygens (including phenoxy) is 3. The summed E-state index contributed by atoms with van der Waals surface area (Å²) in [5, 5.41) is 0.120. The number of fused-ring (bicyclic) bond motifs is 1. The molecule has 0 N–H and O–H groups in total. The summed E-state index contributed by atoms with van der Waals surface area (Å²) in [4.78, 5) is 12.7. The van der Waals surface area contributed by atoms with Gasteiger partial charge in [-0.25, -0.2) is 0 Å². The summed E-state index contributed by atoms with van der Waals surface area (Å²) in [6.45, 7) is 20.8. The van der Waals surface area contributed by atoms with Gasteiger partial charge in [0.25, 0.3) is 0 Å². The van der Waals surface area contributed by atoms with Crippen molar-refractivity contribution in [1.29, 1.82) is 0 Å². The molecule has 5 atom stereocenters. The van der Waals surface area contributed by atoms with Gasteiger partial charge in [-0.3, -0.25) is 4.79 Å². The number of hydrogen-bond acceptors (Lipinski definition) is 5. The number of hydrogen-bond donors (Lipinski definition) is 0. The van der Waals surface area contributed by atoms with Crippen LogP contribution in [0.3, 0.4) is 0 Å². The van der Waals surface area contributed by atoms with E-state index < -0.39 is 14.1 Å². The van der Waals surface area contributed by atoms with Crippen LogP contribution in [0.25, 0.3) is 0 Å². The molecular formula is C23H40O5Si. The highest BCUT2D eigenvalue weighted by atomic mass is 28.4. The number of esters is 1. The molecule has 2 saturated heterocycles. The monoisotopic (exact) mass is 424 g/mol. The fourth-order valence-corrected chi connectivity index (χ4v) is 5.70. The quantitative estimate of drug-likeness (QED) is 0.364. The molecule has 29 heavy (non-hydrogen) atoms. The molecule has 0 spiro atoms. The van der Waals surface area contributed by atoms with E-state index in [1.807, 2.05) is 6.92 Å². The minimum atomic E-state index is -1.94. The van der Waals surface area contributed by atoms with E-state index in [0.717, 1.165) is 0 Å². The number of cyclic esters (lactones) is 1. The first kappa shape index (κ1) is 23.0. The zero-order valence-corrected chi connectivity index (χ0v) is 20.7. The van der Waals surface area contributed by atoms with Crippen LogP contribution in [0.1, 0.15) is 54.9 Å². The zero-order chi connectivity index (χ0) is 21.8. The van der Waals surface area contributed by atoms with Crippen molar-refractivity contribution in [2.24, 2.45) is 23.2 Å². The van der Waals surface area contributed by atoms with Gasteiger partial charge in [0.2, 0.25) is 0 Å². The molecule has 0 saturated carbocycles. The highest BCUT2D eigenvalue weighted by Crippen LogP contribution is 2.46. The molecule has 0 bridgehead atoms. The lowest BCUT2D eigenvalue weighted by atomic mass is 9.74. The van der Waals surface area contributed by atoms with Crippen molar-refractivity contribution in [2.75, 3.05) is 13.2 Å². The second kappa shape index (κ2) is 7.47. The van der Waals surface area contributed by atoms with Crippen molar-refractivity contribution in [1.82, 2.24) is 0 Å². The Balaban J connectivity index is 1.72. The lowest BCUT2D eigenvalue weighted by molar-refractivity contribution is -0.308. The molecule has 6 heteroatoms. The van der Waals surface area contributed by atoms with Crippen LogP contribution in [0.2, 0.25) is 18.1 Å². The summed E-state index contributed by atoms with van der Waals surface area (Å²) in [6, 6.07) is 0. The highest BCUT2D eigenvalue weighted by molar-refractivity contribution is 6.74. The maximum atomic E-state index is 12.7. The molecule has 1 aliphatic carbocycles. The highest BCUT2D eigenvalue weighted by Gasteiger charge is 2.53.